The van der Waals surface area contributed by atoms with Crippen molar-refractivity contribution in [3.63, 3.8) is 0 Å². The number of hydrogen-bond acceptors (Lipinski definition) is 5. The van der Waals surface area contributed by atoms with Gasteiger partial charge in [-0.15, -0.1) is 11.3 Å². The zero-order valence-corrected chi connectivity index (χ0v) is 11.1. The fraction of sp³-hybridized carbons (Fsp3) is 0. The van der Waals surface area contributed by atoms with Crippen molar-refractivity contribution in [1.29, 1.82) is 0 Å². The van der Waals surface area contributed by atoms with E-state index >= 15 is 0 Å². The van der Waals surface area contributed by atoms with E-state index in [2.05, 4.69) is 15.4 Å². The van der Waals surface area contributed by atoms with Gasteiger partial charge in [0, 0.05) is 17.0 Å². The van der Waals surface area contributed by atoms with Gasteiger partial charge in [-0.25, -0.2) is 9.50 Å². The quantitative estimate of drug-likeness (QED) is 0.759. The van der Waals surface area contributed by atoms with Crippen molar-refractivity contribution in [2.75, 3.05) is 11.1 Å². The minimum absolute atomic E-state index is 0.326. The Morgan fingerprint density at radius 2 is 2.32 bits per heavy atom. The molecule has 8 heteroatoms. The van der Waals surface area contributed by atoms with Crippen LogP contribution in [0.3, 0.4) is 0 Å². The summed E-state index contributed by atoms with van der Waals surface area (Å²) in [4.78, 5) is 16.2. The Kier molecular flexibility index (Phi) is 2.84. The van der Waals surface area contributed by atoms with Crippen molar-refractivity contribution < 1.29 is 4.79 Å². The molecule has 0 bridgehead atoms. The second kappa shape index (κ2) is 4.52. The summed E-state index contributed by atoms with van der Waals surface area (Å²) in [6.45, 7) is 0. The molecule has 3 heterocycles. The van der Waals surface area contributed by atoms with E-state index in [1.54, 1.807) is 23.0 Å². The van der Waals surface area contributed by atoms with Crippen LogP contribution in [0.4, 0.5) is 11.5 Å². The number of nitrogens with one attached hydrogen (secondary N) is 1. The number of carbonyl (C=O) groups is 1. The third-order valence-electron chi connectivity index (χ3n) is 2.50. The van der Waals surface area contributed by atoms with Gasteiger partial charge in [0.25, 0.3) is 5.91 Å². The minimum atomic E-state index is -0.326. The third kappa shape index (κ3) is 2.13. The normalized spacial score (nSPS) is 10.8. The molecule has 19 heavy (non-hydrogen) atoms. The molecule has 96 valence electrons. The van der Waals surface area contributed by atoms with E-state index in [4.69, 9.17) is 17.3 Å². The molecule has 0 saturated carbocycles. The zero-order valence-electron chi connectivity index (χ0n) is 9.50. The van der Waals surface area contributed by atoms with Gasteiger partial charge in [0.2, 0.25) is 0 Å². The Morgan fingerprint density at radius 3 is 3.05 bits per heavy atom. The monoisotopic (exact) mass is 293 g/mol. The molecular weight excluding hydrogens is 286 g/mol. The largest absolute Gasteiger partial charge is 0.384 e. The molecule has 0 aliphatic carbocycles. The zero-order chi connectivity index (χ0) is 13.4. The van der Waals surface area contributed by atoms with Crippen molar-refractivity contribution in [3.8, 4) is 0 Å². The number of anilines is 2. The van der Waals surface area contributed by atoms with Gasteiger partial charge in [-0.1, -0.05) is 11.6 Å². The van der Waals surface area contributed by atoms with Crippen LogP contribution < -0.4 is 11.1 Å². The SMILES string of the molecule is Nc1ccn2ncc(C(=O)Nc3cscc3Cl)c2n1. The molecule has 1 amide bonds. The summed E-state index contributed by atoms with van der Waals surface area (Å²) < 4.78 is 1.49. The molecule has 3 aromatic heterocycles. The number of fused-ring (bicyclic) bond motifs is 1. The molecule has 3 aromatic rings. The highest BCUT2D eigenvalue weighted by Crippen LogP contribution is 2.26. The predicted octanol–water partition coefficient (Wildman–Crippen LogP) is 2.28. The van der Waals surface area contributed by atoms with Crippen LogP contribution in [0.15, 0.2) is 29.2 Å². The summed E-state index contributed by atoms with van der Waals surface area (Å²) in [5, 5.41) is 10.7. The lowest BCUT2D eigenvalue weighted by Crippen LogP contribution is -2.12. The summed E-state index contributed by atoms with van der Waals surface area (Å²) in [5.41, 5.74) is 6.93. The minimum Gasteiger partial charge on any atom is -0.384 e. The van der Waals surface area contributed by atoms with Crippen LogP contribution in [-0.4, -0.2) is 20.5 Å². The lowest BCUT2D eigenvalue weighted by Gasteiger charge is -2.02. The van der Waals surface area contributed by atoms with Gasteiger partial charge >= 0.3 is 0 Å². The molecule has 0 spiro atoms. The van der Waals surface area contributed by atoms with Gasteiger partial charge < -0.3 is 11.1 Å². The summed E-state index contributed by atoms with van der Waals surface area (Å²) in [7, 11) is 0. The van der Waals surface area contributed by atoms with Crippen LogP contribution in [0.5, 0.6) is 0 Å². The number of nitrogens with two attached hydrogens (primary N) is 1. The molecule has 0 aromatic carbocycles. The topological polar surface area (TPSA) is 85.3 Å². The number of hydrogen-bond donors (Lipinski definition) is 2. The van der Waals surface area contributed by atoms with E-state index in [0.29, 0.717) is 27.7 Å². The van der Waals surface area contributed by atoms with Gasteiger partial charge in [-0.05, 0) is 6.07 Å². The Morgan fingerprint density at radius 1 is 1.47 bits per heavy atom. The van der Waals surface area contributed by atoms with Crippen molar-refractivity contribution in [3.05, 3.63) is 39.8 Å². The van der Waals surface area contributed by atoms with Gasteiger partial charge in [0.1, 0.15) is 11.4 Å². The number of amides is 1. The first-order valence-corrected chi connectivity index (χ1v) is 6.60. The highest BCUT2D eigenvalue weighted by Gasteiger charge is 2.15. The maximum absolute atomic E-state index is 12.2. The van der Waals surface area contributed by atoms with Crippen molar-refractivity contribution in [2.45, 2.75) is 0 Å². The summed E-state index contributed by atoms with van der Waals surface area (Å²) in [5.74, 6) is 0.00372. The standard InChI is InChI=1S/C11H8ClN5OS/c12-7-4-19-5-8(7)15-11(18)6-3-14-17-2-1-9(13)16-10(6)17/h1-5H,(H2,13,16)(H,15,18). The first-order valence-electron chi connectivity index (χ1n) is 5.28. The molecule has 0 unspecified atom stereocenters. The van der Waals surface area contributed by atoms with Crippen LogP contribution in [-0.2, 0) is 0 Å². The number of nitrogen functional groups attached to an aromatic ring is 1. The molecule has 3 rings (SSSR count). The fourth-order valence-corrected chi connectivity index (χ4v) is 2.56. The van der Waals surface area contributed by atoms with E-state index in [9.17, 15) is 4.79 Å². The number of nitrogens with zero attached hydrogens (tertiary/aromatic N) is 3. The Balaban J connectivity index is 1.98. The molecule has 0 aliphatic rings. The van der Waals surface area contributed by atoms with Gasteiger partial charge in [-0.3, -0.25) is 4.79 Å². The smallest absolute Gasteiger partial charge is 0.261 e. The van der Waals surface area contributed by atoms with E-state index in [1.807, 2.05) is 0 Å². The number of carbonyl (C=O) groups excluding carboxylic acids is 1. The average Bonchev–Trinajstić information content (AvgIpc) is 2.96. The number of rotatable bonds is 2. The van der Waals surface area contributed by atoms with E-state index in [1.165, 1.54) is 22.0 Å². The number of thiophene rings is 1. The molecule has 0 radical (unpaired) electrons. The van der Waals surface area contributed by atoms with E-state index < -0.39 is 0 Å². The van der Waals surface area contributed by atoms with Crippen LogP contribution in [0.1, 0.15) is 10.4 Å². The molecule has 0 atom stereocenters. The second-order valence-electron chi connectivity index (χ2n) is 3.77. The van der Waals surface area contributed by atoms with Gasteiger partial charge in [0.05, 0.1) is 16.9 Å². The van der Waals surface area contributed by atoms with Crippen LogP contribution in [0, 0.1) is 0 Å². The van der Waals surface area contributed by atoms with E-state index in [-0.39, 0.29) is 5.91 Å². The predicted molar refractivity (Wildman–Crippen MR) is 74.7 cm³/mol. The highest BCUT2D eigenvalue weighted by molar-refractivity contribution is 7.09. The lowest BCUT2D eigenvalue weighted by molar-refractivity contribution is 0.102. The molecule has 3 N–H and O–H groups in total. The van der Waals surface area contributed by atoms with Crippen LogP contribution >= 0.6 is 22.9 Å². The van der Waals surface area contributed by atoms with Crippen LogP contribution in [0.2, 0.25) is 5.02 Å². The fourth-order valence-electron chi connectivity index (χ4n) is 1.60. The summed E-state index contributed by atoms with van der Waals surface area (Å²) in [6.07, 6.45) is 3.09. The number of halogens is 1. The maximum Gasteiger partial charge on any atom is 0.261 e. The summed E-state index contributed by atoms with van der Waals surface area (Å²) in [6, 6.07) is 1.61. The molecule has 6 nitrogen and oxygen atoms in total. The van der Waals surface area contributed by atoms with E-state index in [0.717, 1.165) is 0 Å². The van der Waals surface area contributed by atoms with Gasteiger partial charge in [-0.2, -0.15) is 5.10 Å². The molecule has 0 saturated heterocycles. The Labute approximate surface area is 116 Å². The summed E-state index contributed by atoms with van der Waals surface area (Å²) >= 11 is 7.34. The molecule has 0 fully saturated rings. The second-order valence-corrected chi connectivity index (χ2v) is 4.92. The molecular formula is C11H8ClN5OS. The van der Waals surface area contributed by atoms with Crippen LogP contribution in [0.25, 0.3) is 5.65 Å². The average molecular weight is 294 g/mol. The highest BCUT2D eigenvalue weighted by atomic mass is 35.5. The number of aromatic nitrogens is 3. The molecule has 0 aliphatic heterocycles. The Bertz CT molecular complexity index is 765. The first kappa shape index (κ1) is 11.9. The lowest BCUT2D eigenvalue weighted by atomic mass is 10.3. The van der Waals surface area contributed by atoms with Crippen molar-refractivity contribution in [1.82, 2.24) is 14.6 Å². The van der Waals surface area contributed by atoms with Crippen molar-refractivity contribution in [2.24, 2.45) is 0 Å². The Hall–Kier alpha value is -2.12. The maximum atomic E-state index is 12.2. The van der Waals surface area contributed by atoms with Crippen molar-refractivity contribution >= 4 is 46.0 Å². The first-order chi connectivity index (χ1) is 9.15. The van der Waals surface area contributed by atoms with Gasteiger partial charge in [0.15, 0.2) is 5.65 Å². The third-order valence-corrected chi connectivity index (χ3v) is 3.68.